The normalized spacial score (nSPS) is 11.0. The molecule has 3 nitrogen and oxygen atoms in total. The molecule has 0 N–H and O–H groups in total. The van der Waals surface area contributed by atoms with E-state index in [1.54, 1.807) is 0 Å². The Balaban J connectivity index is 2.04. The largest absolute Gasteiger partial charge is 0.455 e. The summed E-state index contributed by atoms with van der Waals surface area (Å²) < 4.78 is 5.14. The number of rotatable bonds is 5. The van der Waals surface area contributed by atoms with E-state index in [9.17, 15) is 9.59 Å². The van der Waals surface area contributed by atoms with Crippen molar-refractivity contribution >= 4 is 24.6 Å². The maximum absolute atomic E-state index is 12.4. The van der Waals surface area contributed by atoms with Crippen LogP contribution in [0.4, 0.5) is 0 Å². The number of benzene rings is 2. The van der Waals surface area contributed by atoms with E-state index >= 15 is 0 Å². The Bertz CT molecular complexity index is 621. The van der Waals surface area contributed by atoms with Gasteiger partial charge in [0.15, 0.2) is 8.07 Å². The van der Waals surface area contributed by atoms with E-state index in [4.69, 9.17) is 4.74 Å². The van der Waals surface area contributed by atoms with E-state index in [1.807, 2.05) is 73.8 Å². The van der Waals surface area contributed by atoms with Crippen molar-refractivity contribution in [1.82, 2.24) is 0 Å². The average molecular weight is 298 g/mol. The van der Waals surface area contributed by atoms with Gasteiger partial charge in [-0.1, -0.05) is 78.9 Å². The second-order valence-electron chi connectivity index (χ2n) is 5.38. The monoisotopic (exact) mass is 298 g/mol. The van der Waals surface area contributed by atoms with Gasteiger partial charge in [0.2, 0.25) is 5.41 Å². The SMILES string of the molecule is C[Si](C)(C(=O)C(=O)OCc1ccccc1)c1ccccc1. The summed E-state index contributed by atoms with van der Waals surface area (Å²) in [6.07, 6.45) is 0. The molecule has 0 saturated heterocycles. The van der Waals surface area contributed by atoms with Gasteiger partial charge in [-0.2, -0.15) is 0 Å². The van der Waals surface area contributed by atoms with Crippen LogP contribution < -0.4 is 5.19 Å². The Hall–Kier alpha value is -2.20. The fourth-order valence-electron chi connectivity index (χ4n) is 2.03. The van der Waals surface area contributed by atoms with Crippen molar-refractivity contribution in [2.24, 2.45) is 0 Å². The zero-order valence-electron chi connectivity index (χ0n) is 12.2. The first-order valence-electron chi connectivity index (χ1n) is 6.83. The number of hydrogen-bond donors (Lipinski definition) is 0. The molecule has 108 valence electrons. The molecule has 0 radical (unpaired) electrons. The minimum Gasteiger partial charge on any atom is -0.455 e. The summed E-state index contributed by atoms with van der Waals surface area (Å²) in [5, 5.41) is 0.538. The fraction of sp³-hybridized carbons (Fsp3) is 0.176. The molecule has 0 aliphatic heterocycles. The van der Waals surface area contributed by atoms with Gasteiger partial charge in [-0.25, -0.2) is 4.79 Å². The highest BCUT2D eigenvalue weighted by molar-refractivity contribution is 7.19. The van der Waals surface area contributed by atoms with Gasteiger partial charge in [0, 0.05) is 0 Å². The van der Waals surface area contributed by atoms with E-state index in [1.165, 1.54) is 0 Å². The van der Waals surface area contributed by atoms with Gasteiger partial charge in [0.25, 0.3) is 0 Å². The minimum absolute atomic E-state index is 0.130. The zero-order chi connectivity index (χ0) is 15.3. The smallest absolute Gasteiger partial charge is 0.370 e. The van der Waals surface area contributed by atoms with Crippen molar-refractivity contribution in [3.05, 3.63) is 66.2 Å². The Morgan fingerprint density at radius 2 is 1.43 bits per heavy atom. The maximum atomic E-state index is 12.4. The Morgan fingerprint density at radius 1 is 0.905 bits per heavy atom. The van der Waals surface area contributed by atoms with Crippen LogP contribution in [0, 0.1) is 0 Å². The van der Waals surface area contributed by atoms with Crippen LogP contribution in [0.25, 0.3) is 0 Å². The van der Waals surface area contributed by atoms with Crippen molar-refractivity contribution in [3.8, 4) is 0 Å². The van der Waals surface area contributed by atoms with Crippen LogP contribution in [-0.2, 0) is 20.9 Å². The molecule has 0 aliphatic rings. The standard InChI is InChI=1S/C17H18O3Si/c1-21(2,15-11-7-4-8-12-15)17(19)16(18)20-13-14-9-5-3-6-10-14/h3-12H,13H2,1-2H3. The van der Waals surface area contributed by atoms with Gasteiger partial charge in [-0.05, 0) is 5.56 Å². The highest BCUT2D eigenvalue weighted by atomic mass is 28.3. The molecule has 2 rings (SSSR count). The molecule has 0 saturated carbocycles. The third-order valence-corrected chi connectivity index (χ3v) is 6.58. The van der Waals surface area contributed by atoms with E-state index in [-0.39, 0.29) is 6.61 Å². The summed E-state index contributed by atoms with van der Waals surface area (Å²) in [6, 6.07) is 18.8. The molecule has 0 bridgehead atoms. The molecule has 4 heteroatoms. The number of hydrogen-bond acceptors (Lipinski definition) is 3. The van der Waals surface area contributed by atoms with Crippen LogP contribution in [0.15, 0.2) is 60.7 Å². The van der Waals surface area contributed by atoms with Crippen molar-refractivity contribution in [2.45, 2.75) is 19.7 Å². The third kappa shape index (κ3) is 3.67. The highest BCUT2D eigenvalue weighted by Crippen LogP contribution is 2.08. The Morgan fingerprint density at radius 3 is 2.00 bits per heavy atom. The molecule has 0 fully saturated rings. The van der Waals surface area contributed by atoms with Gasteiger partial charge in [0.05, 0.1) is 0 Å². The summed E-state index contributed by atoms with van der Waals surface area (Å²) in [4.78, 5) is 24.4. The topological polar surface area (TPSA) is 43.4 Å². The predicted molar refractivity (Wildman–Crippen MR) is 84.8 cm³/mol. The van der Waals surface area contributed by atoms with Crippen LogP contribution in [0.2, 0.25) is 13.1 Å². The molecule has 0 aliphatic carbocycles. The molecule has 0 aromatic heterocycles. The molecule has 0 unspecified atom stereocenters. The van der Waals surface area contributed by atoms with Gasteiger partial charge in [-0.3, -0.25) is 4.79 Å². The number of esters is 1. The average Bonchev–Trinajstić information content (AvgIpc) is 2.53. The van der Waals surface area contributed by atoms with Gasteiger partial charge in [0.1, 0.15) is 6.61 Å². The van der Waals surface area contributed by atoms with E-state index in [2.05, 4.69) is 0 Å². The third-order valence-electron chi connectivity index (χ3n) is 3.46. The van der Waals surface area contributed by atoms with Gasteiger partial charge < -0.3 is 4.74 Å². The maximum Gasteiger partial charge on any atom is 0.370 e. The number of carbonyl (C=O) groups is 2. The molecule has 0 heterocycles. The van der Waals surface area contributed by atoms with Crippen LogP contribution in [0.1, 0.15) is 5.56 Å². The molecule has 2 aromatic rings. The number of carbonyl (C=O) groups excluding carboxylic acids is 2. The van der Waals surface area contributed by atoms with Crippen LogP contribution in [0.3, 0.4) is 0 Å². The van der Waals surface area contributed by atoms with E-state index < -0.39 is 19.4 Å². The summed E-state index contributed by atoms with van der Waals surface area (Å²) in [5.41, 5.74) is 0.873. The lowest BCUT2D eigenvalue weighted by atomic mass is 10.2. The second kappa shape index (κ2) is 6.50. The first kappa shape index (κ1) is 15.2. The van der Waals surface area contributed by atoms with Crippen LogP contribution in [-0.4, -0.2) is 19.4 Å². The lowest BCUT2D eigenvalue weighted by Crippen LogP contribution is -2.53. The van der Waals surface area contributed by atoms with Gasteiger partial charge >= 0.3 is 5.97 Å². The zero-order valence-corrected chi connectivity index (χ0v) is 13.2. The second-order valence-corrected chi connectivity index (χ2v) is 9.66. The predicted octanol–water partition coefficient (Wildman–Crippen LogP) is 2.45. The minimum atomic E-state index is -2.50. The first-order valence-corrected chi connectivity index (χ1v) is 9.83. The number of ether oxygens (including phenoxy) is 1. The molecule has 0 spiro atoms. The van der Waals surface area contributed by atoms with Crippen LogP contribution >= 0.6 is 0 Å². The van der Waals surface area contributed by atoms with Crippen molar-refractivity contribution in [3.63, 3.8) is 0 Å². The summed E-state index contributed by atoms with van der Waals surface area (Å²) in [5.74, 6) is -0.737. The lowest BCUT2D eigenvalue weighted by Gasteiger charge is -2.19. The van der Waals surface area contributed by atoms with Crippen molar-refractivity contribution in [1.29, 1.82) is 0 Å². The molecular formula is C17H18O3Si. The highest BCUT2D eigenvalue weighted by Gasteiger charge is 2.38. The van der Waals surface area contributed by atoms with E-state index in [0.29, 0.717) is 0 Å². The summed E-state index contributed by atoms with van der Waals surface area (Å²) in [7, 11) is -2.50. The molecule has 0 amide bonds. The van der Waals surface area contributed by atoms with Gasteiger partial charge in [-0.15, -0.1) is 0 Å². The molecule has 21 heavy (non-hydrogen) atoms. The van der Waals surface area contributed by atoms with Crippen molar-refractivity contribution < 1.29 is 14.3 Å². The Kier molecular flexibility index (Phi) is 4.70. The summed E-state index contributed by atoms with van der Waals surface area (Å²) in [6.45, 7) is 3.87. The summed E-state index contributed by atoms with van der Waals surface area (Å²) >= 11 is 0. The van der Waals surface area contributed by atoms with E-state index in [0.717, 1.165) is 10.8 Å². The quantitative estimate of drug-likeness (QED) is 0.484. The molecule has 2 aromatic carbocycles. The molecule has 0 atom stereocenters. The molecular weight excluding hydrogens is 280 g/mol. The Labute approximate surface area is 125 Å². The lowest BCUT2D eigenvalue weighted by molar-refractivity contribution is -0.151. The van der Waals surface area contributed by atoms with Crippen LogP contribution in [0.5, 0.6) is 0 Å². The fourth-order valence-corrected chi connectivity index (χ4v) is 3.90. The van der Waals surface area contributed by atoms with Crippen molar-refractivity contribution in [2.75, 3.05) is 0 Å². The first-order chi connectivity index (χ1) is 10.0.